The predicted octanol–water partition coefficient (Wildman–Crippen LogP) is -1.84. The zero-order valence-electron chi connectivity index (χ0n) is 10.4. The quantitative estimate of drug-likeness (QED) is 0.310. The molecule has 0 aromatic rings. The van der Waals surface area contributed by atoms with Crippen molar-refractivity contribution in [2.75, 3.05) is 13.2 Å². The molecule has 7 heteroatoms. The fraction of sp³-hybridized carbons (Fsp3) is 0.909. The van der Waals surface area contributed by atoms with Crippen LogP contribution in [-0.2, 0) is 9.53 Å². The van der Waals surface area contributed by atoms with Gasteiger partial charge < -0.3 is 30.3 Å². The third kappa shape index (κ3) is 6.27. The summed E-state index contributed by atoms with van der Waals surface area (Å²) < 4.78 is 4.69. The number of rotatable bonds is 9. The summed E-state index contributed by atoms with van der Waals surface area (Å²) in [6.07, 6.45) is -4.77. The molecule has 0 unspecified atom stereocenters. The Bertz CT molecular complexity index is 233. The summed E-state index contributed by atoms with van der Waals surface area (Å²) in [6, 6.07) is 0. The minimum Gasteiger partial charge on any atom is -0.463 e. The van der Waals surface area contributed by atoms with E-state index < -0.39 is 43.6 Å². The SMILES string of the molecule is CCCCC(=O)OC[C@@H](O)[C@@H](O)[C@H](O)[C@H](O)CO. The third-order valence-corrected chi connectivity index (χ3v) is 2.47. The van der Waals surface area contributed by atoms with Crippen molar-refractivity contribution in [3.63, 3.8) is 0 Å². The zero-order valence-corrected chi connectivity index (χ0v) is 10.4. The standard InChI is InChI=1S/C11H22O7/c1-2-3-4-9(15)18-6-8(14)11(17)10(16)7(13)5-12/h7-8,10-14,16-17H,2-6H2,1H3/t7-,8-,10-,11-/m1/s1. The molecule has 0 saturated carbocycles. The Morgan fingerprint density at radius 3 is 2.17 bits per heavy atom. The second kappa shape index (κ2) is 9.23. The summed E-state index contributed by atoms with van der Waals surface area (Å²) in [4.78, 5) is 11.1. The highest BCUT2D eigenvalue weighted by molar-refractivity contribution is 5.69. The molecule has 0 aliphatic heterocycles. The van der Waals surface area contributed by atoms with Gasteiger partial charge in [0.25, 0.3) is 0 Å². The van der Waals surface area contributed by atoms with Gasteiger partial charge in [-0.3, -0.25) is 4.79 Å². The Hall–Kier alpha value is -0.730. The molecule has 0 bridgehead atoms. The molecule has 0 aromatic carbocycles. The van der Waals surface area contributed by atoms with Crippen molar-refractivity contribution in [2.24, 2.45) is 0 Å². The Labute approximate surface area is 106 Å². The van der Waals surface area contributed by atoms with Crippen LogP contribution in [0.15, 0.2) is 0 Å². The van der Waals surface area contributed by atoms with E-state index in [0.29, 0.717) is 6.42 Å². The number of aliphatic hydroxyl groups is 5. The van der Waals surface area contributed by atoms with Crippen molar-refractivity contribution >= 4 is 5.97 Å². The third-order valence-electron chi connectivity index (χ3n) is 2.47. The molecule has 0 amide bonds. The van der Waals surface area contributed by atoms with Crippen molar-refractivity contribution in [3.8, 4) is 0 Å². The second-order valence-corrected chi connectivity index (χ2v) is 4.09. The van der Waals surface area contributed by atoms with Crippen molar-refractivity contribution in [1.29, 1.82) is 0 Å². The molecule has 7 nitrogen and oxygen atoms in total. The Morgan fingerprint density at radius 1 is 1.11 bits per heavy atom. The molecule has 0 heterocycles. The maximum atomic E-state index is 11.1. The van der Waals surface area contributed by atoms with E-state index in [9.17, 15) is 20.1 Å². The number of hydrogen-bond donors (Lipinski definition) is 5. The Kier molecular flexibility index (Phi) is 8.86. The van der Waals surface area contributed by atoms with Crippen molar-refractivity contribution in [2.45, 2.75) is 50.6 Å². The fourth-order valence-corrected chi connectivity index (χ4v) is 1.23. The van der Waals surface area contributed by atoms with Crippen LogP contribution in [-0.4, -0.2) is 69.1 Å². The van der Waals surface area contributed by atoms with Gasteiger partial charge in [0, 0.05) is 6.42 Å². The van der Waals surface area contributed by atoms with Gasteiger partial charge in [0.15, 0.2) is 0 Å². The summed E-state index contributed by atoms with van der Waals surface area (Å²) in [5.74, 6) is -0.500. The first-order chi connectivity index (χ1) is 8.43. The summed E-state index contributed by atoms with van der Waals surface area (Å²) in [6.45, 7) is 0.693. The highest BCUT2D eigenvalue weighted by Crippen LogP contribution is 2.06. The highest BCUT2D eigenvalue weighted by atomic mass is 16.5. The summed E-state index contributed by atoms with van der Waals surface area (Å²) in [5.41, 5.74) is 0. The lowest BCUT2D eigenvalue weighted by atomic mass is 10.0. The van der Waals surface area contributed by atoms with E-state index in [0.717, 1.165) is 6.42 Å². The van der Waals surface area contributed by atoms with Gasteiger partial charge in [-0.2, -0.15) is 0 Å². The van der Waals surface area contributed by atoms with Crippen LogP contribution in [0, 0.1) is 0 Å². The number of carbonyl (C=O) groups is 1. The number of esters is 1. The number of hydrogen-bond acceptors (Lipinski definition) is 7. The molecule has 0 aliphatic carbocycles. The molecular formula is C11H22O7. The average molecular weight is 266 g/mol. The molecular weight excluding hydrogens is 244 g/mol. The van der Waals surface area contributed by atoms with E-state index in [-0.39, 0.29) is 6.42 Å². The first-order valence-electron chi connectivity index (χ1n) is 5.92. The number of carbonyl (C=O) groups excluding carboxylic acids is 1. The first kappa shape index (κ1) is 17.3. The van der Waals surface area contributed by atoms with Gasteiger partial charge in [0.2, 0.25) is 0 Å². The predicted molar refractivity (Wildman–Crippen MR) is 61.6 cm³/mol. The van der Waals surface area contributed by atoms with Crippen LogP contribution < -0.4 is 0 Å². The highest BCUT2D eigenvalue weighted by Gasteiger charge is 2.30. The van der Waals surface area contributed by atoms with Gasteiger partial charge >= 0.3 is 5.97 Å². The molecule has 0 aromatic heterocycles. The molecule has 0 saturated heterocycles. The van der Waals surface area contributed by atoms with Crippen LogP contribution in [0.2, 0.25) is 0 Å². The number of unbranched alkanes of at least 4 members (excludes halogenated alkanes) is 1. The monoisotopic (exact) mass is 266 g/mol. The summed E-state index contributed by atoms with van der Waals surface area (Å²) in [7, 11) is 0. The molecule has 0 fully saturated rings. The zero-order chi connectivity index (χ0) is 14.1. The van der Waals surface area contributed by atoms with Crippen LogP contribution in [0.5, 0.6) is 0 Å². The molecule has 0 radical (unpaired) electrons. The van der Waals surface area contributed by atoms with Gasteiger partial charge in [0.05, 0.1) is 6.61 Å². The van der Waals surface area contributed by atoms with Gasteiger partial charge in [0.1, 0.15) is 31.0 Å². The van der Waals surface area contributed by atoms with Crippen molar-refractivity contribution in [1.82, 2.24) is 0 Å². The van der Waals surface area contributed by atoms with E-state index in [1.165, 1.54) is 0 Å². The second-order valence-electron chi connectivity index (χ2n) is 4.09. The minimum atomic E-state index is -1.71. The van der Waals surface area contributed by atoms with Crippen LogP contribution in [0.1, 0.15) is 26.2 Å². The number of aliphatic hydroxyl groups excluding tert-OH is 5. The Balaban J connectivity index is 4.00. The molecule has 18 heavy (non-hydrogen) atoms. The first-order valence-corrected chi connectivity index (χ1v) is 5.92. The molecule has 0 spiro atoms. The molecule has 4 atom stereocenters. The Morgan fingerprint density at radius 2 is 1.67 bits per heavy atom. The van der Waals surface area contributed by atoms with Crippen LogP contribution in [0.25, 0.3) is 0 Å². The normalized spacial score (nSPS) is 17.9. The summed E-state index contributed by atoms with van der Waals surface area (Å²) in [5, 5.41) is 45.8. The maximum Gasteiger partial charge on any atom is 0.305 e. The fourth-order valence-electron chi connectivity index (χ4n) is 1.23. The van der Waals surface area contributed by atoms with Crippen LogP contribution in [0.3, 0.4) is 0 Å². The van der Waals surface area contributed by atoms with Crippen molar-refractivity contribution in [3.05, 3.63) is 0 Å². The van der Waals surface area contributed by atoms with Crippen molar-refractivity contribution < 1.29 is 35.1 Å². The van der Waals surface area contributed by atoms with Gasteiger partial charge in [-0.1, -0.05) is 13.3 Å². The largest absolute Gasteiger partial charge is 0.463 e. The lowest BCUT2D eigenvalue weighted by molar-refractivity contribution is -0.156. The minimum absolute atomic E-state index is 0.223. The average Bonchev–Trinajstić information content (AvgIpc) is 2.39. The van der Waals surface area contributed by atoms with E-state index in [2.05, 4.69) is 4.74 Å². The topological polar surface area (TPSA) is 127 Å². The molecule has 5 N–H and O–H groups in total. The molecule has 108 valence electrons. The van der Waals surface area contributed by atoms with Crippen LogP contribution >= 0.6 is 0 Å². The van der Waals surface area contributed by atoms with E-state index in [4.69, 9.17) is 10.2 Å². The van der Waals surface area contributed by atoms with Gasteiger partial charge in [-0.05, 0) is 6.42 Å². The van der Waals surface area contributed by atoms with Crippen LogP contribution in [0.4, 0.5) is 0 Å². The van der Waals surface area contributed by atoms with E-state index in [1.54, 1.807) is 0 Å². The lowest BCUT2D eigenvalue weighted by Gasteiger charge is -2.25. The van der Waals surface area contributed by atoms with E-state index in [1.807, 2.05) is 6.92 Å². The van der Waals surface area contributed by atoms with Gasteiger partial charge in [-0.25, -0.2) is 0 Å². The van der Waals surface area contributed by atoms with Gasteiger partial charge in [-0.15, -0.1) is 0 Å². The lowest BCUT2D eigenvalue weighted by Crippen LogP contribution is -2.47. The molecule has 0 aliphatic rings. The molecule has 0 rings (SSSR count). The maximum absolute atomic E-state index is 11.1. The smallest absolute Gasteiger partial charge is 0.305 e. The number of ether oxygens (including phenoxy) is 1. The summed E-state index contributed by atoms with van der Waals surface area (Å²) >= 11 is 0. The van der Waals surface area contributed by atoms with E-state index >= 15 is 0 Å².